The number of benzene rings is 1. The molecular weight excluding hydrogens is 255 g/mol. The highest BCUT2D eigenvalue weighted by Crippen LogP contribution is 2.09. The topological polar surface area (TPSA) is 42.0 Å². The van der Waals surface area contributed by atoms with E-state index in [-0.39, 0.29) is 11.7 Å². The lowest BCUT2D eigenvalue weighted by molar-refractivity contribution is -0.121. The van der Waals surface area contributed by atoms with Gasteiger partial charge in [-0.3, -0.25) is 9.78 Å². The number of halogens is 1. The molecule has 1 amide bonds. The SMILES string of the molecule is Cc1cc(CNC(=O)CCc2cccnc2)ccc1F. The summed E-state index contributed by atoms with van der Waals surface area (Å²) in [7, 11) is 0. The van der Waals surface area contributed by atoms with Gasteiger partial charge in [0.2, 0.25) is 5.91 Å². The van der Waals surface area contributed by atoms with Crippen molar-refractivity contribution in [2.24, 2.45) is 0 Å². The number of amides is 1. The fourth-order valence-electron chi connectivity index (χ4n) is 1.91. The lowest BCUT2D eigenvalue weighted by Gasteiger charge is -2.06. The molecule has 104 valence electrons. The van der Waals surface area contributed by atoms with Crippen molar-refractivity contribution in [3.05, 3.63) is 65.2 Å². The molecule has 0 aliphatic heterocycles. The second-order valence-corrected chi connectivity index (χ2v) is 4.72. The Kier molecular flexibility index (Phi) is 4.82. The van der Waals surface area contributed by atoms with Gasteiger partial charge in [0.15, 0.2) is 0 Å². The minimum atomic E-state index is -0.225. The normalized spacial score (nSPS) is 10.3. The number of nitrogens with zero attached hydrogens (tertiary/aromatic N) is 1. The zero-order valence-corrected chi connectivity index (χ0v) is 11.4. The molecule has 0 atom stereocenters. The second kappa shape index (κ2) is 6.80. The van der Waals surface area contributed by atoms with Crippen molar-refractivity contribution in [1.82, 2.24) is 10.3 Å². The molecule has 1 heterocycles. The highest BCUT2D eigenvalue weighted by atomic mass is 19.1. The van der Waals surface area contributed by atoms with Gasteiger partial charge in [-0.2, -0.15) is 0 Å². The maximum atomic E-state index is 13.1. The predicted molar refractivity (Wildman–Crippen MR) is 75.5 cm³/mol. The van der Waals surface area contributed by atoms with E-state index in [1.54, 1.807) is 31.5 Å². The van der Waals surface area contributed by atoms with Crippen molar-refractivity contribution in [3.8, 4) is 0 Å². The first kappa shape index (κ1) is 14.2. The number of aromatic nitrogens is 1. The monoisotopic (exact) mass is 272 g/mol. The molecule has 4 heteroatoms. The van der Waals surface area contributed by atoms with Crippen LogP contribution in [0.2, 0.25) is 0 Å². The van der Waals surface area contributed by atoms with E-state index in [9.17, 15) is 9.18 Å². The number of pyridine rings is 1. The third kappa shape index (κ3) is 4.16. The zero-order valence-electron chi connectivity index (χ0n) is 11.4. The van der Waals surface area contributed by atoms with Gasteiger partial charge in [0.25, 0.3) is 0 Å². The fourth-order valence-corrected chi connectivity index (χ4v) is 1.91. The summed E-state index contributed by atoms with van der Waals surface area (Å²) in [6.45, 7) is 2.13. The van der Waals surface area contributed by atoms with Crippen molar-refractivity contribution >= 4 is 5.91 Å². The average molecular weight is 272 g/mol. The molecule has 0 saturated heterocycles. The molecule has 20 heavy (non-hydrogen) atoms. The number of rotatable bonds is 5. The summed E-state index contributed by atoms with van der Waals surface area (Å²) in [6, 6.07) is 8.66. The smallest absolute Gasteiger partial charge is 0.220 e. The Balaban J connectivity index is 1.79. The summed E-state index contributed by atoms with van der Waals surface area (Å²) in [5.41, 5.74) is 2.53. The molecule has 0 fully saturated rings. The molecule has 0 aliphatic rings. The van der Waals surface area contributed by atoms with Crippen LogP contribution in [-0.4, -0.2) is 10.9 Å². The van der Waals surface area contributed by atoms with Gasteiger partial charge in [-0.25, -0.2) is 4.39 Å². The Morgan fingerprint density at radius 3 is 2.85 bits per heavy atom. The lowest BCUT2D eigenvalue weighted by atomic mass is 10.1. The maximum Gasteiger partial charge on any atom is 0.220 e. The van der Waals surface area contributed by atoms with Crippen LogP contribution in [0, 0.1) is 12.7 Å². The largest absolute Gasteiger partial charge is 0.352 e. The van der Waals surface area contributed by atoms with Gasteiger partial charge in [-0.05, 0) is 42.2 Å². The molecule has 0 saturated carbocycles. The van der Waals surface area contributed by atoms with Crippen LogP contribution >= 0.6 is 0 Å². The average Bonchev–Trinajstić information content (AvgIpc) is 2.47. The van der Waals surface area contributed by atoms with Gasteiger partial charge in [0.1, 0.15) is 5.82 Å². The second-order valence-electron chi connectivity index (χ2n) is 4.72. The summed E-state index contributed by atoms with van der Waals surface area (Å²) >= 11 is 0. The van der Waals surface area contributed by atoms with Crippen LogP contribution in [0.15, 0.2) is 42.7 Å². The van der Waals surface area contributed by atoms with Gasteiger partial charge in [-0.1, -0.05) is 18.2 Å². The van der Waals surface area contributed by atoms with Crippen molar-refractivity contribution in [2.75, 3.05) is 0 Å². The number of aryl methyl sites for hydroxylation is 2. The third-order valence-corrected chi connectivity index (χ3v) is 3.08. The van der Waals surface area contributed by atoms with E-state index in [4.69, 9.17) is 0 Å². The first-order chi connectivity index (χ1) is 9.65. The van der Waals surface area contributed by atoms with Crippen LogP contribution in [0.25, 0.3) is 0 Å². The Labute approximate surface area is 117 Å². The molecule has 1 aromatic heterocycles. The van der Waals surface area contributed by atoms with Crippen LogP contribution in [0.3, 0.4) is 0 Å². The van der Waals surface area contributed by atoms with E-state index >= 15 is 0 Å². The van der Waals surface area contributed by atoms with E-state index in [0.717, 1.165) is 11.1 Å². The Hall–Kier alpha value is -2.23. The summed E-state index contributed by atoms with van der Waals surface area (Å²) in [5.74, 6) is -0.243. The Morgan fingerprint density at radius 1 is 1.30 bits per heavy atom. The predicted octanol–water partition coefficient (Wildman–Crippen LogP) is 2.78. The van der Waals surface area contributed by atoms with E-state index in [1.807, 2.05) is 12.1 Å². The quantitative estimate of drug-likeness (QED) is 0.909. The minimum Gasteiger partial charge on any atom is -0.352 e. The first-order valence-electron chi connectivity index (χ1n) is 6.56. The van der Waals surface area contributed by atoms with Crippen molar-refractivity contribution in [1.29, 1.82) is 0 Å². The van der Waals surface area contributed by atoms with Gasteiger partial charge in [0.05, 0.1) is 0 Å². The Bertz CT molecular complexity index is 584. The van der Waals surface area contributed by atoms with Gasteiger partial charge in [0, 0.05) is 25.4 Å². The fraction of sp³-hybridized carbons (Fsp3) is 0.250. The molecule has 3 nitrogen and oxygen atoms in total. The highest BCUT2D eigenvalue weighted by Gasteiger charge is 2.04. The third-order valence-electron chi connectivity index (χ3n) is 3.08. The molecule has 2 rings (SSSR count). The molecule has 2 aromatic rings. The Morgan fingerprint density at radius 2 is 2.15 bits per heavy atom. The van der Waals surface area contributed by atoms with Crippen LogP contribution in [0.4, 0.5) is 4.39 Å². The zero-order chi connectivity index (χ0) is 14.4. The van der Waals surface area contributed by atoms with Gasteiger partial charge < -0.3 is 5.32 Å². The van der Waals surface area contributed by atoms with Crippen molar-refractivity contribution in [3.63, 3.8) is 0 Å². The van der Waals surface area contributed by atoms with E-state index in [2.05, 4.69) is 10.3 Å². The number of hydrogen-bond donors (Lipinski definition) is 1. The first-order valence-corrected chi connectivity index (χ1v) is 6.56. The highest BCUT2D eigenvalue weighted by molar-refractivity contribution is 5.76. The molecular formula is C16H17FN2O. The molecule has 0 aliphatic carbocycles. The number of hydrogen-bond acceptors (Lipinski definition) is 2. The summed E-state index contributed by atoms with van der Waals surface area (Å²) < 4.78 is 13.1. The van der Waals surface area contributed by atoms with Crippen LogP contribution in [0.5, 0.6) is 0 Å². The van der Waals surface area contributed by atoms with Crippen LogP contribution < -0.4 is 5.32 Å². The molecule has 0 radical (unpaired) electrons. The van der Waals surface area contributed by atoms with Gasteiger partial charge in [-0.15, -0.1) is 0 Å². The molecule has 0 unspecified atom stereocenters. The maximum absolute atomic E-state index is 13.1. The number of nitrogens with one attached hydrogen (secondary N) is 1. The lowest BCUT2D eigenvalue weighted by Crippen LogP contribution is -2.23. The van der Waals surface area contributed by atoms with Crippen molar-refractivity contribution < 1.29 is 9.18 Å². The summed E-state index contributed by atoms with van der Waals surface area (Å²) in [5, 5.41) is 2.83. The van der Waals surface area contributed by atoms with E-state index < -0.39 is 0 Å². The van der Waals surface area contributed by atoms with Gasteiger partial charge >= 0.3 is 0 Å². The van der Waals surface area contributed by atoms with Crippen molar-refractivity contribution in [2.45, 2.75) is 26.3 Å². The van der Waals surface area contributed by atoms with Crippen LogP contribution in [-0.2, 0) is 17.8 Å². The molecule has 1 aromatic carbocycles. The summed E-state index contributed by atoms with van der Waals surface area (Å²) in [6.07, 6.45) is 4.56. The standard InChI is InChI=1S/C16H17FN2O/c1-12-9-14(4-6-15(12)17)11-19-16(20)7-5-13-3-2-8-18-10-13/h2-4,6,8-10H,5,7,11H2,1H3,(H,19,20). The van der Waals surface area contributed by atoms with Crippen LogP contribution in [0.1, 0.15) is 23.1 Å². The van der Waals surface area contributed by atoms with E-state index in [1.165, 1.54) is 6.07 Å². The number of carbonyl (C=O) groups is 1. The molecule has 1 N–H and O–H groups in total. The minimum absolute atomic E-state index is 0.0177. The van der Waals surface area contributed by atoms with E-state index in [0.29, 0.717) is 24.9 Å². The molecule has 0 spiro atoms. The molecule has 0 bridgehead atoms. The summed E-state index contributed by atoms with van der Waals surface area (Å²) in [4.78, 5) is 15.7. The number of carbonyl (C=O) groups excluding carboxylic acids is 1.